The maximum atomic E-state index is 12.6. The molecule has 0 radical (unpaired) electrons. The third-order valence-electron chi connectivity index (χ3n) is 3.72. The summed E-state index contributed by atoms with van der Waals surface area (Å²) >= 11 is 0. The van der Waals surface area contributed by atoms with Crippen LogP contribution in [0, 0.1) is 0 Å². The lowest BCUT2D eigenvalue weighted by atomic mass is 10.2. The molecule has 0 aliphatic carbocycles. The number of nitrogens with zero attached hydrogens (tertiary/aromatic N) is 1. The number of hydrogen-bond acceptors (Lipinski definition) is 5. The summed E-state index contributed by atoms with van der Waals surface area (Å²) in [6.45, 7) is 3.72. The van der Waals surface area contributed by atoms with Gasteiger partial charge < -0.3 is 20.1 Å². The quantitative estimate of drug-likeness (QED) is 0.711. The summed E-state index contributed by atoms with van der Waals surface area (Å²) in [6, 6.07) is 16.0. The Labute approximate surface area is 153 Å². The molecule has 0 saturated carbocycles. The number of benzene rings is 2. The predicted molar refractivity (Wildman–Crippen MR) is 101 cm³/mol. The summed E-state index contributed by atoms with van der Waals surface area (Å²) in [6.07, 6.45) is 0. The number of amides is 1. The van der Waals surface area contributed by atoms with Gasteiger partial charge in [-0.15, -0.1) is 0 Å². The molecule has 0 aromatic heterocycles. The predicted octanol–water partition coefficient (Wildman–Crippen LogP) is 2.69. The second kappa shape index (κ2) is 9.58. The zero-order valence-corrected chi connectivity index (χ0v) is 15.0. The number of ether oxygens (including phenoxy) is 1. The summed E-state index contributed by atoms with van der Waals surface area (Å²) in [5.41, 5.74) is 1.64. The second-order valence-electron chi connectivity index (χ2n) is 5.97. The molecule has 0 saturated heterocycles. The van der Waals surface area contributed by atoms with E-state index in [-0.39, 0.29) is 25.2 Å². The Balaban J connectivity index is 2.05. The Bertz CT molecular complexity index is 732. The minimum Gasteiger partial charge on any atom is -0.452 e. The van der Waals surface area contributed by atoms with Crippen molar-refractivity contribution in [3.05, 3.63) is 60.2 Å². The van der Waals surface area contributed by atoms with E-state index in [1.165, 1.54) is 0 Å². The molecule has 0 aliphatic heterocycles. The molecule has 0 unspecified atom stereocenters. The SMILES string of the molecule is CC(C)N(C(=O)COC(=O)c1ccccc1NCCO)c1ccccc1. The lowest BCUT2D eigenvalue weighted by molar-refractivity contribution is -0.122. The number of anilines is 2. The van der Waals surface area contributed by atoms with E-state index >= 15 is 0 Å². The van der Waals surface area contributed by atoms with Gasteiger partial charge in [-0.05, 0) is 38.1 Å². The number of rotatable bonds is 8. The highest BCUT2D eigenvalue weighted by Gasteiger charge is 2.21. The zero-order chi connectivity index (χ0) is 18.9. The Morgan fingerprint density at radius 1 is 1.08 bits per heavy atom. The highest BCUT2D eigenvalue weighted by atomic mass is 16.5. The van der Waals surface area contributed by atoms with E-state index in [1.54, 1.807) is 29.2 Å². The maximum Gasteiger partial charge on any atom is 0.340 e. The molecule has 2 N–H and O–H groups in total. The Morgan fingerprint density at radius 2 is 1.73 bits per heavy atom. The van der Waals surface area contributed by atoms with Crippen molar-refractivity contribution in [2.75, 3.05) is 30.0 Å². The van der Waals surface area contributed by atoms with Gasteiger partial charge in [-0.1, -0.05) is 30.3 Å². The van der Waals surface area contributed by atoms with Crippen LogP contribution in [0.25, 0.3) is 0 Å². The number of carbonyl (C=O) groups is 2. The van der Waals surface area contributed by atoms with E-state index in [1.807, 2.05) is 44.2 Å². The molecule has 0 spiro atoms. The highest BCUT2D eigenvalue weighted by molar-refractivity contribution is 5.99. The van der Waals surface area contributed by atoms with Crippen LogP contribution < -0.4 is 10.2 Å². The maximum absolute atomic E-state index is 12.6. The van der Waals surface area contributed by atoms with Gasteiger partial charge in [-0.25, -0.2) is 4.79 Å². The highest BCUT2D eigenvalue weighted by Crippen LogP contribution is 2.18. The van der Waals surface area contributed by atoms with E-state index in [0.717, 1.165) is 5.69 Å². The van der Waals surface area contributed by atoms with Crippen molar-refractivity contribution in [1.29, 1.82) is 0 Å². The smallest absolute Gasteiger partial charge is 0.340 e. The molecule has 2 aromatic rings. The minimum absolute atomic E-state index is 0.0533. The van der Waals surface area contributed by atoms with Gasteiger partial charge in [0.15, 0.2) is 6.61 Å². The van der Waals surface area contributed by atoms with E-state index in [2.05, 4.69) is 5.32 Å². The first-order valence-electron chi connectivity index (χ1n) is 8.52. The van der Waals surface area contributed by atoms with Crippen molar-refractivity contribution in [3.63, 3.8) is 0 Å². The van der Waals surface area contributed by atoms with Gasteiger partial charge in [-0.3, -0.25) is 4.79 Å². The lowest BCUT2D eigenvalue weighted by Crippen LogP contribution is -2.39. The van der Waals surface area contributed by atoms with Crippen LogP contribution in [0.15, 0.2) is 54.6 Å². The first kappa shape index (κ1) is 19.5. The minimum atomic E-state index is -0.587. The van der Waals surface area contributed by atoms with Crippen molar-refractivity contribution in [2.45, 2.75) is 19.9 Å². The normalized spacial score (nSPS) is 10.5. The van der Waals surface area contributed by atoms with E-state index < -0.39 is 5.97 Å². The lowest BCUT2D eigenvalue weighted by Gasteiger charge is -2.26. The summed E-state index contributed by atoms with van der Waals surface area (Å²) < 4.78 is 5.23. The third kappa shape index (κ3) is 5.07. The summed E-state index contributed by atoms with van der Waals surface area (Å²) in [5.74, 6) is -0.878. The van der Waals surface area contributed by atoms with Crippen LogP contribution in [0.3, 0.4) is 0 Å². The van der Waals surface area contributed by atoms with Crippen LogP contribution in [0.4, 0.5) is 11.4 Å². The molecular formula is C20H24N2O4. The number of nitrogens with one attached hydrogen (secondary N) is 1. The van der Waals surface area contributed by atoms with Gasteiger partial charge in [0.2, 0.25) is 0 Å². The van der Waals surface area contributed by atoms with Gasteiger partial charge >= 0.3 is 5.97 Å². The van der Waals surface area contributed by atoms with Crippen molar-refractivity contribution in [2.24, 2.45) is 0 Å². The van der Waals surface area contributed by atoms with Gasteiger partial charge in [0.1, 0.15) is 0 Å². The molecule has 6 heteroatoms. The van der Waals surface area contributed by atoms with Crippen LogP contribution in [0.2, 0.25) is 0 Å². The number of para-hydroxylation sites is 2. The van der Waals surface area contributed by atoms with Crippen LogP contribution in [0.5, 0.6) is 0 Å². The molecule has 0 atom stereocenters. The fraction of sp³-hybridized carbons (Fsp3) is 0.300. The van der Waals surface area contributed by atoms with Gasteiger partial charge in [0.05, 0.1) is 12.2 Å². The number of aliphatic hydroxyl groups is 1. The standard InChI is InChI=1S/C20H24N2O4/c1-15(2)22(16-8-4-3-5-9-16)19(24)14-26-20(25)17-10-6-7-11-18(17)21-12-13-23/h3-11,15,21,23H,12-14H2,1-2H3. The first-order valence-corrected chi connectivity index (χ1v) is 8.52. The molecule has 2 rings (SSSR count). The number of hydrogen-bond donors (Lipinski definition) is 2. The molecule has 0 bridgehead atoms. The van der Waals surface area contributed by atoms with Crippen LogP contribution >= 0.6 is 0 Å². The summed E-state index contributed by atoms with van der Waals surface area (Å²) in [4.78, 5) is 26.5. The van der Waals surface area contributed by atoms with E-state index in [9.17, 15) is 9.59 Å². The fourth-order valence-corrected chi connectivity index (χ4v) is 2.60. The average Bonchev–Trinajstić information content (AvgIpc) is 2.65. The Morgan fingerprint density at radius 3 is 2.38 bits per heavy atom. The van der Waals surface area contributed by atoms with Gasteiger partial charge in [-0.2, -0.15) is 0 Å². The largest absolute Gasteiger partial charge is 0.452 e. The average molecular weight is 356 g/mol. The summed E-state index contributed by atoms with van der Waals surface area (Å²) in [5, 5.41) is 11.9. The van der Waals surface area contributed by atoms with E-state index in [0.29, 0.717) is 17.8 Å². The van der Waals surface area contributed by atoms with Crippen LogP contribution in [0.1, 0.15) is 24.2 Å². The Kier molecular flexibility index (Phi) is 7.17. The number of esters is 1. The fourth-order valence-electron chi connectivity index (χ4n) is 2.60. The molecule has 6 nitrogen and oxygen atoms in total. The van der Waals surface area contributed by atoms with Crippen molar-refractivity contribution in [3.8, 4) is 0 Å². The molecule has 1 amide bonds. The van der Waals surface area contributed by atoms with Crippen LogP contribution in [-0.4, -0.2) is 42.8 Å². The molecule has 0 aliphatic rings. The monoisotopic (exact) mass is 356 g/mol. The second-order valence-corrected chi connectivity index (χ2v) is 5.97. The first-order chi connectivity index (χ1) is 12.5. The Hall–Kier alpha value is -2.86. The molecule has 0 fully saturated rings. The van der Waals surface area contributed by atoms with Crippen molar-refractivity contribution >= 4 is 23.3 Å². The molecule has 26 heavy (non-hydrogen) atoms. The molecular weight excluding hydrogens is 332 g/mol. The molecule has 0 heterocycles. The van der Waals surface area contributed by atoms with E-state index in [4.69, 9.17) is 9.84 Å². The summed E-state index contributed by atoms with van der Waals surface area (Å²) in [7, 11) is 0. The van der Waals surface area contributed by atoms with Crippen molar-refractivity contribution < 1.29 is 19.4 Å². The number of aliphatic hydroxyl groups excluding tert-OH is 1. The molecule has 138 valence electrons. The van der Waals surface area contributed by atoms with Gasteiger partial charge in [0.25, 0.3) is 5.91 Å². The number of carbonyl (C=O) groups excluding carboxylic acids is 2. The van der Waals surface area contributed by atoms with Crippen LogP contribution in [-0.2, 0) is 9.53 Å². The zero-order valence-electron chi connectivity index (χ0n) is 15.0. The topological polar surface area (TPSA) is 78.9 Å². The molecule has 2 aromatic carbocycles. The third-order valence-corrected chi connectivity index (χ3v) is 3.72. The van der Waals surface area contributed by atoms with Gasteiger partial charge in [0, 0.05) is 24.0 Å². The van der Waals surface area contributed by atoms with Crippen molar-refractivity contribution in [1.82, 2.24) is 0 Å².